The summed E-state index contributed by atoms with van der Waals surface area (Å²) in [5.41, 5.74) is 7.02. The van der Waals surface area contributed by atoms with Crippen molar-refractivity contribution in [3.05, 3.63) is 62.0 Å². The third-order valence-corrected chi connectivity index (χ3v) is 3.88. The molecular formula is C14H10BrCl2NO2. The van der Waals surface area contributed by atoms with Crippen molar-refractivity contribution in [3.8, 4) is 0 Å². The predicted molar refractivity (Wildman–Crippen MR) is 84.1 cm³/mol. The van der Waals surface area contributed by atoms with Crippen LogP contribution in [0, 0.1) is 0 Å². The zero-order valence-electron chi connectivity index (χ0n) is 10.2. The molecule has 0 radical (unpaired) electrons. The molecule has 0 aliphatic heterocycles. The molecule has 0 amide bonds. The number of nitrogens with two attached hydrogens (primary N) is 1. The Hall–Kier alpha value is -1.23. The van der Waals surface area contributed by atoms with Crippen LogP contribution in [0.4, 0.5) is 5.69 Å². The lowest BCUT2D eigenvalue weighted by atomic mass is 10.2. The number of hydrogen-bond donors (Lipinski definition) is 1. The van der Waals surface area contributed by atoms with Gasteiger partial charge in [-0.25, -0.2) is 4.79 Å². The first-order valence-electron chi connectivity index (χ1n) is 5.63. The molecule has 104 valence electrons. The SMILES string of the molecule is Nc1cc(Cl)c(Cl)c(C(=O)OCc2ccc(Br)cc2)c1. The third-order valence-electron chi connectivity index (χ3n) is 2.55. The Balaban J connectivity index is 2.11. The second-order valence-corrected chi connectivity index (χ2v) is 5.77. The summed E-state index contributed by atoms with van der Waals surface area (Å²) >= 11 is 15.2. The second-order valence-electron chi connectivity index (χ2n) is 4.07. The Labute approximate surface area is 134 Å². The van der Waals surface area contributed by atoms with E-state index < -0.39 is 5.97 Å². The number of esters is 1. The summed E-state index contributed by atoms with van der Waals surface area (Å²) in [4.78, 5) is 12.0. The van der Waals surface area contributed by atoms with E-state index in [4.69, 9.17) is 33.7 Å². The number of rotatable bonds is 3. The number of nitrogen functional groups attached to an aromatic ring is 1. The molecule has 0 saturated carbocycles. The molecule has 0 fully saturated rings. The van der Waals surface area contributed by atoms with Crippen LogP contribution in [0.1, 0.15) is 15.9 Å². The van der Waals surface area contributed by atoms with Gasteiger partial charge in [-0.1, -0.05) is 51.3 Å². The summed E-state index contributed by atoms with van der Waals surface area (Å²) in [6.45, 7) is 0.148. The highest BCUT2D eigenvalue weighted by Gasteiger charge is 2.15. The molecule has 0 bridgehead atoms. The number of ether oxygens (including phenoxy) is 1. The summed E-state index contributed by atoms with van der Waals surface area (Å²) in [5.74, 6) is -0.563. The van der Waals surface area contributed by atoms with Crippen LogP contribution in [0.2, 0.25) is 10.0 Å². The molecule has 0 atom stereocenters. The molecule has 0 aliphatic rings. The van der Waals surface area contributed by atoms with Gasteiger partial charge in [-0.3, -0.25) is 0 Å². The minimum Gasteiger partial charge on any atom is -0.457 e. The van der Waals surface area contributed by atoms with Crippen LogP contribution in [-0.4, -0.2) is 5.97 Å². The van der Waals surface area contributed by atoms with Gasteiger partial charge in [0.2, 0.25) is 0 Å². The van der Waals surface area contributed by atoms with Gasteiger partial charge in [0, 0.05) is 10.2 Å². The highest BCUT2D eigenvalue weighted by Crippen LogP contribution is 2.29. The van der Waals surface area contributed by atoms with Crippen LogP contribution in [0.5, 0.6) is 0 Å². The lowest BCUT2D eigenvalue weighted by Gasteiger charge is -2.08. The fraction of sp³-hybridized carbons (Fsp3) is 0.0714. The molecule has 2 N–H and O–H groups in total. The Bertz CT molecular complexity index is 644. The molecule has 0 aliphatic carbocycles. The average Bonchev–Trinajstić information content (AvgIpc) is 2.42. The lowest BCUT2D eigenvalue weighted by Crippen LogP contribution is -2.07. The maximum atomic E-state index is 12.0. The highest BCUT2D eigenvalue weighted by molar-refractivity contribution is 9.10. The number of carbonyl (C=O) groups excluding carboxylic acids is 1. The van der Waals surface area contributed by atoms with Crippen molar-refractivity contribution in [2.24, 2.45) is 0 Å². The first-order chi connectivity index (χ1) is 9.47. The molecule has 20 heavy (non-hydrogen) atoms. The summed E-state index contributed by atoms with van der Waals surface area (Å²) in [7, 11) is 0. The monoisotopic (exact) mass is 373 g/mol. The van der Waals surface area contributed by atoms with E-state index in [1.54, 1.807) is 0 Å². The lowest BCUT2D eigenvalue weighted by molar-refractivity contribution is 0.0473. The minimum absolute atomic E-state index is 0.140. The molecule has 6 heteroatoms. The molecular weight excluding hydrogens is 365 g/mol. The Morgan fingerprint density at radius 2 is 1.85 bits per heavy atom. The number of halogens is 3. The molecule has 0 saturated heterocycles. The van der Waals surface area contributed by atoms with Crippen molar-refractivity contribution in [2.75, 3.05) is 5.73 Å². The van der Waals surface area contributed by atoms with Crippen LogP contribution in [-0.2, 0) is 11.3 Å². The van der Waals surface area contributed by atoms with Gasteiger partial charge in [-0.15, -0.1) is 0 Å². The molecule has 0 aromatic heterocycles. The molecule has 0 heterocycles. The van der Waals surface area contributed by atoms with Gasteiger partial charge in [0.1, 0.15) is 6.61 Å². The fourth-order valence-electron chi connectivity index (χ4n) is 1.57. The fourth-order valence-corrected chi connectivity index (χ4v) is 2.24. The molecule has 2 rings (SSSR count). The Morgan fingerprint density at radius 1 is 1.20 bits per heavy atom. The van der Waals surface area contributed by atoms with Crippen LogP contribution in [0.3, 0.4) is 0 Å². The van der Waals surface area contributed by atoms with E-state index in [2.05, 4.69) is 15.9 Å². The molecule has 3 nitrogen and oxygen atoms in total. The van der Waals surface area contributed by atoms with Crippen molar-refractivity contribution in [1.82, 2.24) is 0 Å². The van der Waals surface area contributed by atoms with Gasteiger partial charge < -0.3 is 10.5 Å². The third kappa shape index (κ3) is 3.66. The standard InChI is InChI=1S/C14H10BrCl2NO2/c15-9-3-1-8(2-4-9)7-20-14(19)11-5-10(18)6-12(16)13(11)17/h1-6H,7,18H2. The second kappa shape index (κ2) is 6.48. The van der Waals surface area contributed by atoms with E-state index in [0.29, 0.717) is 5.69 Å². The van der Waals surface area contributed by atoms with Gasteiger partial charge in [0.25, 0.3) is 0 Å². The van der Waals surface area contributed by atoms with Crippen molar-refractivity contribution in [1.29, 1.82) is 0 Å². The predicted octanol–water partition coefficient (Wildman–Crippen LogP) is 4.70. The Morgan fingerprint density at radius 3 is 2.50 bits per heavy atom. The first-order valence-corrected chi connectivity index (χ1v) is 7.18. The molecule has 2 aromatic carbocycles. The van der Waals surface area contributed by atoms with Crippen molar-refractivity contribution < 1.29 is 9.53 Å². The van der Waals surface area contributed by atoms with Crippen molar-refractivity contribution in [2.45, 2.75) is 6.61 Å². The van der Waals surface area contributed by atoms with Crippen molar-refractivity contribution >= 4 is 50.8 Å². The Kier molecular flexibility index (Phi) is 4.91. The summed E-state index contributed by atoms with van der Waals surface area (Å²) in [6.07, 6.45) is 0. The summed E-state index contributed by atoms with van der Waals surface area (Å²) < 4.78 is 6.15. The first kappa shape index (κ1) is 15.2. The normalized spacial score (nSPS) is 10.3. The maximum absolute atomic E-state index is 12.0. The van der Waals surface area contributed by atoms with Gasteiger partial charge >= 0.3 is 5.97 Å². The van der Waals surface area contributed by atoms with E-state index in [-0.39, 0.29) is 22.2 Å². The smallest absolute Gasteiger partial charge is 0.340 e. The van der Waals surface area contributed by atoms with Gasteiger partial charge in [0.15, 0.2) is 0 Å². The van der Waals surface area contributed by atoms with E-state index in [9.17, 15) is 4.79 Å². The average molecular weight is 375 g/mol. The quantitative estimate of drug-likeness (QED) is 0.626. The van der Waals surface area contributed by atoms with Crippen LogP contribution >= 0.6 is 39.1 Å². The van der Waals surface area contributed by atoms with Crippen LogP contribution in [0.15, 0.2) is 40.9 Å². The van der Waals surface area contributed by atoms with Crippen molar-refractivity contribution in [3.63, 3.8) is 0 Å². The number of carbonyl (C=O) groups is 1. The van der Waals surface area contributed by atoms with E-state index in [0.717, 1.165) is 10.0 Å². The summed E-state index contributed by atoms with van der Waals surface area (Å²) in [5, 5.41) is 0.365. The molecule has 0 unspecified atom stereocenters. The number of benzene rings is 2. The number of anilines is 1. The maximum Gasteiger partial charge on any atom is 0.340 e. The molecule has 0 spiro atoms. The molecule has 2 aromatic rings. The summed E-state index contributed by atoms with van der Waals surface area (Å²) in [6, 6.07) is 10.4. The zero-order chi connectivity index (χ0) is 14.7. The van der Waals surface area contributed by atoms with E-state index in [1.165, 1.54) is 12.1 Å². The highest BCUT2D eigenvalue weighted by atomic mass is 79.9. The zero-order valence-corrected chi connectivity index (χ0v) is 13.3. The van der Waals surface area contributed by atoms with Gasteiger partial charge in [-0.05, 0) is 29.8 Å². The van der Waals surface area contributed by atoms with Crippen LogP contribution < -0.4 is 5.73 Å². The minimum atomic E-state index is -0.563. The van der Waals surface area contributed by atoms with E-state index >= 15 is 0 Å². The topological polar surface area (TPSA) is 52.3 Å². The van der Waals surface area contributed by atoms with Crippen LogP contribution in [0.25, 0.3) is 0 Å². The van der Waals surface area contributed by atoms with E-state index in [1.807, 2.05) is 24.3 Å². The number of hydrogen-bond acceptors (Lipinski definition) is 3. The largest absolute Gasteiger partial charge is 0.457 e. The van der Waals surface area contributed by atoms with Gasteiger partial charge in [-0.2, -0.15) is 0 Å². The van der Waals surface area contributed by atoms with Gasteiger partial charge in [0.05, 0.1) is 15.6 Å².